The Morgan fingerprint density at radius 3 is 3.00 bits per heavy atom. The number of pyridine rings is 1. The zero-order valence-corrected chi connectivity index (χ0v) is 11.2. The highest BCUT2D eigenvalue weighted by Gasteiger charge is 2.39. The fourth-order valence-electron chi connectivity index (χ4n) is 2.64. The van der Waals surface area contributed by atoms with Crippen molar-refractivity contribution in [1.82, 2.24) is 15.0 Å². The number of halogens is 1. The van der Waals surface area contributed by atoms with E-state index in [4.69, 9.17) is 0 Å². The summed E-state index contributed by atoms with van der Waals surface area (Å²) >= 11 is 0. The van der Waals surface area contributed by atoms with Crippen molar-refractivity contribution in [2.75, 3.05) is 5.32 Å². The first-order chi connectivity index (χ1) is 10.3. The van der Waals surface area contributed by atoms with Gasteiger partial charge in [-0.15, -0.1) is 0 Å². The molecule has 4 rings (SSSR count). The second-order valence-corrected chi connectivity index (χ2v) is 5.26. The van der Waals surface area contributed by atoms with Gasteiger partial charge in [-0.05, 0) is 36.2 Å². The van der Waals surface area contributed by atoms with E-state index in [1.54, 1.807) is 12.3 Å². The van der Waals surface area contributed by atoms with Gasteiger partial charge >= 0.3 is 0 Å². The fraction of sp³-hybridized carbons (Fsp3) is 0.188. The molecule has 1 fully saturated rings. The summed E-state index contributed by atoms with van der Waals surface area (Å²) in [6, 6.07) is 8.89. The van der Waals surface area contributed by atoms with Gasteiger partial charge in [0.2, 0.25) is 0 Å². The van der Waals surface area contributed by atoms with E-state index in [0.717, 1.165) is 11.9 Å². The van der Waals surface area contributed by atoms with Crippen LogP contribution in [0.25, 0.3) is 10.9 Å². The summed E-state index contributed by atoms with van der Waals surface area (Å²) in [7, 11) is 0. The Morgan fingerprint density at radius 1 is 1.19 bits per heavy atom. The number of nitrogens with one attached hydrogen (secondary N) is 1. The van der Waals surface area contributed by atoms with E-state index in [9.17, 15) is 4.39 Å². The van der Waals surface area contributed by atoms with E-state index < -0.39 is 0 Å². The lowest BCUT2D eigenvalue weighted by Crippen LogP contribution is -2.07. The minimum absolute atomic E-state index is 0.278. The zero-order chi connectivity index (χ0) is 14.2. The number of fused-ring (bicyclic) bond motifs is 1. The third-order valence-electron chi connectivity index (χ3n) is 3.82. The average molecular weight is 280 g/mol. The topological polar surface area (TPSA) is 50.7 Å². The largest absolute Gasteiger partial charge is 0.366 e. The molecule has 21 heavy (non-hydrogen) atoms. The maximum atomic E-state index is 13.4. The summed E-state index contributed by atoms with van der Waals surface area (Å²) in [6.07, 6.45) is 6.20. The van der Waals surface area contributed by atoms with Gasteiger partial charge in [0, 0.05) is 29.7 Å². The molecule has 2 aromatic heterocycles. The first-order valence-electron chi connectivity index (χ1n) is 6.88. The van der Waals surface area contributed by atoms with Gasteiger partial charge in [-0.25, -0.2) is 14.4 Å². The summed E-state index contributed by atoms with van der Waals surface area (Å²) in [6.45, 7) is 0. The number of anilines is 1. The van der Waals surface area contributed by atoms with Crippen LogP contribution in [0.3, 0.4) is 0 Å². The fourth-order valence-corrected chi connectivity index (χ4v) is 2.64. The minimum atomic E-state index is -0.278. The molecular formula is C16H13FN4. The van der Waals surface area contributed by atoms with Gasteiger partial charge in [-0.3, -0.25) is 4.98 Å². The number of aromatic nitrogens is 3. The molecule has 1 aromatic carbocycles. The SMILES string of the molecule is Fc1ccc2ncnc(N[C@H]3C[C@@H]3c3cccnc3)c2c1. The Bertz CT molecular complexity index is 791. The van der Waals surface area contributed by atoms with Crippen LogP contribution < -0.4 is 5.32 Å². The van der Waals surface area contributed by atoms with Crippen LogP contribution in [-0.2, 0) is 0 Å². The number of hydrogen-bond acceptors (Lipinski definition) is 4. The third kappa shape index (κ3) is 2.31. The van der Waals surface area contributed by atoms with Crippen LogP contribution in [0.15, 0.2) is 49.1 Å². The smallest absolute Gasteiger partial charge is 0.137 e. The molecule has 0 aliphatic heterocycles. The predicted molar refractivity (Wildman–Crippen MR) is 78.5 cm³/mol. The van der Waals surface area contributed by atoms with Crippen LogP contribution in [0.5, 0.6) is 0 Å². The molecule has 104 valence electrons. The molecule has 1 saturated carbocycles. The summed E-state index contributed by atoms with van der Waals surface area (Å²) in [5, 5.41) is 4.11. The van der Waals surface area contributed by atoms with Crippen LogP contribution in [0.4, 0.5) is 10.2 Å². The Morgan fingerprint density at radius 2 is 2.14 bits per heavy atom. The van der Waals surface area contributed by atoms with E-state index in [1.807, 2.05) is 12.3 Å². The molecule has 1 N–H and O–H groups in total. The van der Waals surface area contributed by atoms with Gasteiger partial charge in [0.1, 0.15) is 18.0 Å². The highest BCUT2D eigenvalue weighted by atomic mass is 19.1. The van der Waals surface area contributed by atoms with Crippen molar-refractivity contribution in [3.8, 4) is 0 Å². The van der Waals surface area contributed by atoms with Crippen LogP contribution in [0.1, 0.15) is 17.9 Å². The predicted octanol–water partition coefficient (Wildman–Crippen LogP) is 3.13. The monoisotopic (exact) mass is 280 g/mol. The molecule has 0 saturated heterocycles. The van der Waals surface area contributed by atoms with Gasteiger partial charge in [0.25, 0.3) is 0 Å². The van der Waals surface area contributed by atoms with E-state index in [1.165, 1.54) is 24.0 Å². The zero-order valence-electron chi connectivity index (χ0n) is 11.2. The van der Waals surface area contributed by atoms with E-state index in [0.29, 0.717) is 23.2 Å². The van der Waals surface area contributed by atoms with Gasteiger partial charge in [0.05, 0.1) is 5.52 Å². The maximum absolute atomic E-state index is 13.4. The summed E-state index contributed by atoms with van der Waals surface area (Å²) in [5.74, 6) is 0.855. The Kier molecular flexibility index (Phi) is 2.77. The summed E-state index contributed by atoms with van der Waals surface area (Å²) < 4.78 is 13.4. The van der Waals surface area contributed by atoms with Crippen LogP contribution in [-0.4, -0.2) is 21.0 Å². The Labute approximate surface area is 121 Å². The number of rotatable bonds is 3. The molecule has 1 aliphatic rings. The van der Waals surface area contributed by atoms with Crippen molar-refractivity contribution in [3.05, 3.63) is 60.4 Å². The highest BCUT2D eigenvalue weighted by molar-refractivity contribution is 5.89. The molecule has 1 aliphatic carbocycles. The van der Waals surface area contributed by atoms with Crippen molar-refractivity contribution in [2.45, 2.75) is 18.4 Å². The molecule has 2 heterocycles. The molecule has 0 spiro atoms. The Hall–Kier alpha value is -2.56. The quantitative estimate of drug-likeness (QED) is 0.800. The molecular weight excluding hydrogens is 267 g/mol. The second kappa shape index (κ2) is 4.77. The molecule has 3 aromatic rings. The average Bonchev–Trinajstić information content (AvgIpc) is 3.28. The lowest BCUT2D eigenvalue weighted by molar-refractivity contribution is 0.629. The van der Waals surface area contributed by atoms with Gasteiger partial charge in [-0.2, -0.15) is 0 Å². The standard InChI is InChI=1S/C16H13FN4/c17-11-3-4-14-13(6-11)16(20-9-19-14)21-15-7-12(15)10-2-1-5-18-8-10/h1-6,8-9,12,15H,7H2,(H,19,20,21)/t12-,15+/m1/s1. The third-order valence-corrected chi connectivity index (χ3v) is 3.82. The van der Waals surface area contributed by atoms with Crippen molar-refractivity contribution in [2.24, 2.45) is 0 Å². The van der Waals surface area contributed by atoms with Gasteiger partial charge in [-0.1, -0.05) is 6.07 Å². The Balaban J connectivity index is 1.60. The number of benzene rings is 1. The maximum Gasteiger partial charge on any atom is 0.137 e. The van der Waals surface area contributed by atoms with Crippen molar-refractivity contribution in [1.29, 1.82) is 0 Å². The highest BCUT2D eigenvalue weighted by Crippen LogP contribution is 2.42. The van der Waals surface area contributed by atoms with Crippen molar-refractivity contribution >= 4 is 16.7 Å². The van der Waals surface area contributed by atoms with Crippen LogP contribution in [0.2, 0.25) is 0 Å². The van der Waals surface area contributed by atoms with E-state index >= 15 is 0 Å². The molecule has 0 radical (unpaired) electrons. The molecule has 5 heteroatoms. The normalized spacial score (nSPS) is 20.4. The van der Waals surface area contributed by atoms with Crippen molar-refractivity contribution in [3.63, 3.8) is 0 Å². The first-order valence-corrected chi connectivity index (χ1v) is 6.88. The van der Waals surface area contributed by atoms with Gasteiger partial charge < -0.3 is 5.32 Å². The lowest BCUT2D eigenvalue weighted by Gasteiger charge is -2.08. The lowest BCUT2D eigenvalue weighted by atomic mass is 10.2. The number of nitrogens with zero attached hydrogens (tertiary/aromatic N) is 3. The molecule has 2 atom stereocenters. The van der Waals surface area contributed by atoms with E-state index in [-0.39, 0.29) is 5.82 Å². The van der Waals surface area contributed by atoms with Gasteiger partial charge in [0.15, 0.2) is 0 Å². The first kappa shape index (κ1) is 12.2. The van der Waals surface area contributed by atoms with Crippen molar-refractivity contribution < 1.29 is 4.39 Å². The van der Waals surface area contributed by atoms with Crippen LogP contribution >= 0.6 is 0 Å². The summed E-state index contributed by atoms with van der Waals surface area (Å²) in [4.78, 5) is 12.6. The molecule has 0 unspecified atom stereocenters. The summed E-state index contributed by atoms with van der Waals surface area (Å²) in [5.41, 5.74) is 1.96. The minimum Gasteiger partial charge on any atom is -0.366 e. The molecule has 0 bridgehead atoms. The molecule has 4 nitrogen and oxygen atoms in total. The molecule has 0 amide bonds. The number of hydrogen-bond donors (Lipinski definition) is 1. The second-order valence-electron chi connectivity index (χ2n) is 5.26. The van der Waals surface area contributed by atoms with E-state index in [2.05, 4.69) is 26.3 Å². The van der Waals surface area contributed by atoms with Crippen LogP contribution in [0, 0.1) is 5.82 Å².